The Bertz CT molecular complexity index is 1540. The highest BCUT2D eigenvalue weighted by Crippen LogP contribution is 2.37. The van der Waals surface area contributed by atoms with Crippen LogP contribution in [-0.4, -0.2) is 43.3 Å². The number of hydrogen-bond donors (Lipinski definition) is 0. The second-order valence-electron chi connectivity index (χ2n) is 9.75. The molecule has 1 aliphatic carbocycles. The molecule has 206 valence electrons. The molecule has 2 aromatic heterocycles. The molecule has 0 saturated heterocycles. The molecule has 0 N–H and O–H groups in total. The van der Waals surface area contributed by atoms with E-state index < -0.39 is 10.0 Å². The van der Waals surface area contributed by atoms with Gasteiger partial charge in [0.05, 0.1) is 29.5 Å². The van der Waals surface area contributed by atoms with Crippen molar-refractivity contribution in [2.75, 3.05) is 18.6 Å². The number of amides is 1. The minimum absolute atomic E-state index is 0.0262. The number of aryl methyl sites for hydroxylation is 1. The summed E-state index contributed by atoms with van der Waals surface area (Å²) in [5.41, 5.74) is 2.09. The van der Waals surface area contributed by atoms with E-state index in [1.165, 1.54) is 23.5 Å². The molecule has 0 atom stereocenters. The molecule has 0 radical (unpaired) electrons. The average Bonchev–Trinajstić information content (AvgIpc) is 3.63. The number of carbonyl (C=O) groups excluding carboxylic acids is 1. The van der Waals surface area contributed by atoms with E-state index in [-0.39, 0.29) is 23.4 Å². The molecule has 0 bridgehead atoms. The van der Waals surface area contributed by atoms with Crippen molar-refractivity contribution in [2.24, 2.45) is 0 Å². The van der Waals surface area contributed by atoms with E-state index in [0.29, 0.717) is 34.3 Å². The highest BCUT2D eigenvalue weighted by Gasteiger charge is 2.31. The van der Waals surface area contributed by atoms with Gasteiger partial charge in [0.25, 0.3) is 5.91 Å². The summed E-state index contributed by atoms with van der Waals surface area (Å²) >= 11 is 1.41. The lowest BCUT2D eigenvalue weighted by Gasteiger charge is -2.32. The van der Waals surface area contributed by atoms with Gasteiger partial charge in [-0.05, 0) is 67.8 Å². The fourth-order valence-electron chi connectivity index (χ4n) is 5.22. The van der Waals surface area contributed by atoms with Gasteiger partial charge in [0.15, 0.2) is 5.13 Å². The SMILES string of the molecule is CCN(C1CCCCC1)S(=O)(=O)c1ccc(C(=O)N(Cc2ccco2)c2nc3c(OC)ccc(C)c3s2)cc1. The molecule has 2 heterocycles. The van der Waals surface area contributed by atoms with Gasteiger partial charge >= 0.3 is 0 Å². The van der Waals surface area contributed by atoms with Crippen LogP contribution < -0.4 is 9.64 Å². The van der Waals surface area contributed by atoms with Crippen LogP contribution in [0.25, 0.3) is 10.2 Å². The number of sulfonamides is 1. The number of benzene rings is 2. The summed E-state index contributed by atoms with van der Waals surface area (Å²) in [6, 6.07) is 13.7. The van der Waals surface area contributed by atoms with Crippen LogP contribution in [0.2, 0.25) is 0 Å². The first-order chi connectivity index (χ1) is 18.8. The van der Waals surface area contributed by atoms with Crippen molar-refractivity contribution in [1.29, 1.82) is 0 Å². The minimum Gasteiger partial charge on any atom is -0.494 e. The monoisotopic (exact) mass is 567 g/mol. The van der Waals surface area contributed by atoms with Gasteiger partial charge < -0.3 is 9.15 Å². The summed E-state index contributed by atoms with van der Waals surface area (Å²) in [5.74, 6) is 0.943. The number of fused-ring (bicyclic) bond motifs is 1. The lowest BCUT2D eigenvalue weighted by Crippen LogP contribution is -2.41. The number of thiazole rings is 1. The summed E-state index contributed by atoms with van der Waals surface area (Å²) in [7, 11) is -2.07. The molecule has 0 unspecified atom stereocenters. The van der Waals surface area contributed by atoms with Gasteiger partial charge in [-0.2, -0.15) is 4.31 Å². The number of methoxy groups -OCH3 is 1. The Hall–Kier alpha value is -3.21. The number of hydrogen-bond acceptors (Lipinski definition) is 7. The van der Waals surface area contributed by atoms with Gasteiger partial charge in [-0.25, -0.2) is 13.4 Å². The predicted octanol–water partition coefficient (Wildman–Crippen LogP) is 6.40. The summed E-state index contributed by atoms with van der Waals surface area (Å²) in [6.07, 6.45) is 6.59. The van der Waals surface area contributed by atoms with Crippen LogP contribution >= 0.6 is 11.3 Å². The van der Waals surface area contributed by atoms with Gasteiger partial charge in [0, 0.05) is 18.2 Å². The summed E-state index contributed by atoms with van der Waals surface area (Å²) in [6.45, 7) is 4.48. The Labute approximate surface area is 233 Å². The van der Waals surface area contributed by atoms with Crippen molar-refractivity contribution >= 4 is 42.6 Å². The minimum atomic E-state index is -3.67. The van der Waals surface area contributed by atoms with E-state index in [2.05, 4.69) is 0 Å². The number of aromatic nitrogens is 1. The maximum Gasteiger partial charge on any atom is 0.260 e. The first-order valence-electron chi connectivity index (χ1n) is 13.2. The van der Waals surface area contributed by atoms with Crippen LogP contribution in [0.1, 0.15) is 60.7 Å². The lowest BCUT2D eigenvalue weighted by molar-refractivity contribution is 0.0983. The zero-order chi connectivity index (χ0) is 27.6. The van der Waals surface area contributed by atoms with Gasteiger partial charge in [0.2, 0.25) is 10.0 Å². The third-order valence-corrected chi connectivity index (χ3v) is 10.5. The Morgan fingerprint density at radius 3 is 2.49 bits per heavy atom. The number of rotatable bonds is 9. The van der Waals surface area contributed by atoms with Crippen molar-refractivity contribution in [2.45, 2.75) is 63.4 Å². The quantitative estimate of drug-likeness (QED) is 0.232. The standard InChI is InChI=1S/C29H33N3O5S2/c1-4-32(22-9-6-5-7-10-22)39(34,35)24-15-13-21(14-16-24)28(33)31(19-23-11-8-18-37-23)29-30-26-25(36-3)17-12-20(2)27(26)38-29/h8,11-18,22H,4-7,9-10,19H2,1-3H3. The first-order valence-corrected chi connectivity index (χ1v) is 15.5. The van der Waals surface area contributed by atoms with Crippen LogP contribution in [0.3, 0.4) is 0 Å². The molecular weight excluding hydrogens is 534 g/mol. The average molecular weight is 568 g/mol. The largest absolute Gasteiger partial charge is 0.494 e. The van der Waals surface area contributed by atoms with E-state index in [0.717, 1.165) is 42.4 Å². The summed E-state index contributed by atoms with van der Waals surface area (Å²) < 4.78 is 40.6. The molecule has 39 heavy (non-hydrogen) atoms. The summed E-state index contributed by atoms with van der Waals surface area (Å²) in [5, 5.41) is 0.505. The fraction of sp³-hybridized carbons (Fsp3) is 0.379. The van der Waals surface area contributed by atoms with E-state index in [9.17, 15) is 13.2 Å². The molecule has 0 aliphatic heterocycles. The zero-order valence-electron chi connectivity index (χ0n) is 22.4. The third-order valence-electron chi connectivity index (χ3n) is 7.28. The van der Waals surface area contributed by atoms with Crippen molar-refractivity contribution in [3.05, 3.63) is 71.7 Å². The van der Waals surface area contributed by atoms with Gasteiger partial charge in [0.1, 0.15) is 17.0 Å². The molecule has 1 aliphatic rings. The highest BCUT2D eigenvalue weighted by atomic mass is 32.2. The van der Waals surface area contributed by atoms with E-state index in [1.54, 1.807) is 46.8 Å². The van der Waals surface area contributed by atoms with Crippen molar-refractivity contribution in [3.63, 3.8) is 0 Å². The van der Waals surface area contributed by atoms with Crippen LogP contribution in [0.15, 0.2) is 64.1 Å². The molecule has 1 saturated carbocycles. The number of ether oxygens (including phenoxy) is 1. The second kappa shape index (κ2) is 11.5. The van der Waals surface area contributed by atoms with Crippen LogP contribution in [-0.2, 0) is 16.6 Å². The first kappa shape index (κ1) is 27.4. The number of nitrogens with zero attached hydrogens (tertiary/aromatic N) is 3. The molecule has 8 nitrogen and oxygen atoms in total. The van der Waals surface area contributed by atoms with Crippen molar-refractivity contribution < 1.29 is 22.4 Å². The lowest BCUT2D eigenvalue weighted by atomic mass is 9.95. The normalized spacial score (nSPS) is 14.7. The Kier molecular flexibility index (Phi) is 8.06. The highest BCUT2D eigenvalue weighted by molar-refractivity contribution is 7.89. The van der Waals surface area contributed by atoms with Crippen molar-refractivity contribution in [3.8, 4) is 5.75 Å². The van der Waals surface area contributed by atoms with Crippen LogP contribution in [0.4, 0.5) is 5.13 Å². The Morgan fingerprint density at radius 1 is 1.10 bits per heavy atom. The van der Waals surface area contributed by atoms with E-state index >= 15 is 0 Å². The van der Waals surface area contributed by atoms with E-state index in [1.807, 2.05) is 26.0 Å². The fourth-order valence-corrected chi connectivity index (χ4v) is 7.96. The van der Waals surface area contributed by atoms with Crippen LogP contribution in [0.5, 0.6) is 5.75 Å². The molecule has 1 amide bonds. The second-order valence-corrected chi connectivity index (χ2v) is 12.6. The Balaban J connectivity index is 1.47. The molecule has 5 rings (SSSR count). The third kappa shape index (κ3) is 5.46. The molecule has 2 aromatic carbocycles. The summed E-state index contributed by atoms with van der Waals surface area (Å²) in [4.78, 5) is 20.4. The topological polar surface area (TPSA) is 93.0 Å². The number of carbonyl (C=O) groups is 1. The molecule has 4 aromatic rings. The smallest absolute Gasteiger partial charge is 0.260 e. The maximum absolute atomic E-state index is 13.8. The number of furan rings is 1. The number of anilines is 1. The molecule has 0 spiro atoms. The van der Waals surface area contributed by atoms with E-state index in [4.69, 9.17) is 14.1 Å². The maximum atomic E-state index is 13.8. The Morgan fingerprint density at radius 2 is 1.85 bits per heavy atom. The van der Waals surface area contributed by atoms with Crippen LogP contribution in [0, 0.1) is 6.92 Å². The van der Waals surface area contributed by atoms with Gasteiger partial charge in [-0.3, -0.25) is 9.69 Å². The van der Waals surface area contributed by atoms with Crippen molar-refractivity contribution in [1.82, 2.24) is 9.29 Å². The van der Waals surface area contributed by atoms with Gasteiger partial charge in [-0.1, -0.05) is 43.6 Å². The molecular formula is C29H33N3O5S2. The zero-order valence-corrected chi connectivity index (χ0v) is 24.1. The predicted molar refractivity (Wildman–Crippen MR) is 153 cm³/mol. The molecule has 1 fully saturated rings. The van der Waals surface area contributed by atoms with Gasteiger partial charge in [-0.15, -0.1) is 0 Å². The molecule has 10 heteroatoms.